The van der Waals surface area contributed by atoms with Crippen molar-refractivity contribution in [3.8, 4) is 90.1 Å². The Bertz CT molecular complexity index is 6760. The van der Waals surface area contributed by atoms with Crippen molar-refractivity contribution in [3.63, 3.8) is 0 Å². The van der Waals surface area contributed by atoms with E-state index < -0.39 is 69.8 Å². The molecule has 0 aliphatic carbocycles. The van der Waals surface area contributed by atoms with Crippen LogP contribution in [0.15, 0.2) is 376 Å². The monoisotopic (exact) mass is 2020 g/mol. The lowest BCUT2D eigenvalue weighted by molar-refractivity contribution is -0.139. The predicted octanol–water partition coefficient (Wildman–Crippen LogP) is 40.9. The summed E-state index contributed by atoms with van der Waals surface area (Å²) in [6.45, 7) is 36.4. The van der Waals surface area contributed by atoms with E-state index in [-0.39, 0.29) is 27.8 Å². The standard InChI is InChI=1S/C20H18.2C16H12F6.C16H15F3.3C14H14O.2C10H14/c1-15-13-20(18-11-7-4-8-12-18)16(2)14-19(15)17-9-5-3-6-10-17;1-9-3-5-11(7-13(9)15(17,18)19)12-6-4-10(2)14(8-12)16(20,21)22;1-9-3-5-11(13(7-9)15(17,18)19)12-6-4-10(2)8-14(12)16(20,21)22;1-10-5-4-6-14(12(10)3)13-8-7-11(2)15(9-13)16(17,18)19;1-11-3-7-13(8-4-11)15-14-9-5-12(2)6-10-14;1-11-5-3-7-13(9-11)15-14-8-4-6-12(2)10-14;1-11-6-8-13(9-7-11)15-14-5-3-4-12(2)10-14;1-3-9-5-7-10(4-2)8-6-9;1-3-9-6-5-7-10(4-2)8-9/h3-14H,1-2H3;2*3-8H,1-2H3;4-9H,1-3H3;3*3-10H,1-2H3;2*5-8H,3-4H2,1-2H3. The van der Waals surface area contributed by atoms with Crippen LogP contribution in [0, 0.1) is 104 Å². The van der Waals surface area contributed by atoms with Gasteiger partial charge < -0.3 is 14.2 Å². The van der Waals surface area contributed by atoms with Crippen molar-refractivity contribution in [2.24, 2.45) is 0 Å². The Morgan fingerprint density at radius 2 is 0.439 bits per heavy atom. The van der Waals surface area contributed by atoms with Gasteiger partial charge in [0.2, 0.25) is 0 Å². The molecular weight excluding hydrogens is 1890 g/mol. The van der Waals surface area contributed by atoms with Gasteiger partial charge in [0.25, 0.3) is 0 Å². The molecule has 0 aromatic heterocycles. The van der Waals surface area contributed by atoms with E-state index in [0.29, 0.717) is 16.7 Å². The number of rotatable bonds is 15. The largest absolute Gasteiger partial charge is 0.457 e. The molecule has 0 spiro atoms. The zero-order valence-electron chi connectivity index (χ0n) is 87.0. The van der Waals surface area contributed by atoms with Gasteiger partial charge in [-0.05, 0) is 366 Å². The van der Waals surface area contributed by atoms with Gasteiger partial charge in [0.05, 0.1) is 27.8 Å². The third-order valence-electron chi connectivity index (χ3n) is 24.3. The molecule has 0 unspecified atom stereocenters. The molecule has 0 N–H and O–H groups in total. The number of hydrogen-bond donors (Lipinski definition) is 0. The highest BCUT2D eigenvalue weighted by Gasteiger charge is 2.40. The highest BCUT2D eigenvalue weighted by Crippen LogP contribution is 2.46. The fraction of sp³-hybridized carbons (Fsp3) is 0.215. The summed E-state index contributed by atoms with van der Waals surface area (Å²) < 4.78 is 212. The summed E-state index contributed by atoms with van der Waals surface area (Å²) in [5.41, 5.74) is 20.3. The number of hydrogen-bond acceptors (Lipinski definition) is 3. The lowest BCUT2D eigenvalue weighted by atomic mass is 9.92. The van der Waals surface area contributed by atoms with Gasteiger partial charge >= 0.3 is 30.9 Å². The molecule has 0 aliphatic rings. The van der Waals surface area contributed by atoms with Crippen molar-refractivity contribution in [1.82, 2.24) is 0 Å². The van der Waals surface area contributed by atoms with Crippen molar-refractivity contribution >= 4 is 0 Å². The van der Waals surface area contributed by atoms with E-state index in [0.717, 1.165) is 113 Å². The second-order valence-electron chi connectivity index (χ2n) is 36.4. The minimum Gasteiger partial charge on any atom is -0.457 e. The van der Waals surface area contributed by atoms with E-state index in [4.69, 9.17) is 14.2 Å². The van der Waals surface area contributed by atoms with Gasteiger partial charge in [-0.15, -0.1) is 0 Å². The van der Waals surface area contributed by atoms with Crippen LogP contribution in [0.5, 0.6) is 34.5 Å². The Hall–Kier alpha value is -14.9. The van der Waals surface area contributed by atoms with Gasteiger partial charge in [0.15, 0.2) is 0 Å². The average molecular weight is 2020 g/mol. The highest BCUT2D eigenvalue weighted by molar-refractivity contribution is 5.77. The molecule has 0 heterocycles. The molecule has 17 aromatic rings. The van der Waals surface area contributed by atoms with E-state index >= 15 is 0 Å². The fourth-order valence-corrected chi connectivity index (χ4v) is 15.6. The summed E-state index contributed by atoms with van der Waals surface area (Å²) >= 11 is 0. The van der Waals surface area contributed by atoms with E-state index in [1.807, 2.05) is 159 Å². The van der Waals surface area contributed by atoms with Crippen LogP contribution in [-0.2, 0) is 56.6 Å². The molecule has 0 saturated carbocycles. The van der Waals surface area contributed by atoms with E-state index in [1.54, 1.807) is 6.07 Å². The first-order valence-electron chi connectivity index (χ1n) is 48.8. The lowest BCUT2D eigenvalue weighted by Gasteiger charge is -2.18. The predicted molar refractivity (Wildman–Crippen MR) is 578 cm³/mol. The smallest absolute Gasteiger partial charge is 0.417 e. The summed E-state index contributed by atoms with van der Waals surface area (Å²) in [4.78, 5) is 0. The Labute approximate surface area is 862 Å². The first-order chi connectivity index (χ1) is 70.0. The Morgan fingerprint density at radius 3 is 0.750 bits per heavy atom. The average Bonchev–Trinajstić information content (AvgIpc) is 0.768. The first kappa shape index (κ1) is 117. The molecular formula is C130H127F15O3. The maximum absolute atomic E-state index is 13.1. The lowest BCUT2D eigenvalue weighted by Crippen LogP contribution is -2.11. The molecule has 148 heavy (non-hydrogen) atoms. The Morgan fingerprint density at radius 1 is 0.162 bits per heavy atom. The zero-order chi connectivity index (χ0) is 108. The van der Waals surface area contributed by atoms with E-state index in [9.17, 15) is 65.9 Å². The molecule has 770 valence electrons. The molecule has 17 aromatic carbocycles. The van der Waals surface area contributed by atoms with Gasteiger partial charge in [-0.3, -0.25) is 0 Å². The van der Waals surface area contributed by atoms with Crippen LogP contribution in [0.4, 0.5) is 65.9 Å². The van der Waals surface area contributed by atoms with Crippen molar-refractivity contribution < 1.29 is 80.1 Å². The maximum Gasteiger partial charge on any atom is 0.417 e. The van der Waals surface area contributed by atoms with Crippen molar-refractivity contribution in [2.45, 2.75) is 188 Å². The maximum atomic E-state index is 13.1. The third-order valence-corrected chi connectivity index (χ3v) is 24.3. The Balaban J connectivity index is 0.000000187. The van der Waals surface area contributed by atoms with Gasteiger partial charge in [-0.1, -0.05) is 328 Å². The third kappa shape index (κ3) is 36.6. The van der Waals surface area contributed by atoms with Crippen molar-refractivity contribution in [2.75, 3.05) is 0 Å². The van der Waals surface area contributed by atoms with Crippen molar-refractivity contribution in [1.29, 1.82) is 0 Å². The molecule has 0 radical (unpaired) electrons. The number of aryl methyl sites for hydroxylation is 18. The summed E-state index contributed by atoms with van der Waals surface area (Å²) in [5, 5.41) is 0. The van der Waals surface area contributed by atoms with Crippen LogP contribution in [0.25, 0.3) is 55.6 Å². The summed E-state index contributed by atoms with van der Waals surface area (Å²) in [6, 6.07) is 116. The molecule has 3 nitrogen and oxygen atoms in total. The fourth-order valence-electron chi connectivity index (χ4n) is 15.6. The van der Waals surface area contributed by atoms with E-state index in [1.165, 1.54) is 172 Å². The van der Waals surface area contributed by atoms with Crippen LogP contribution in [0.3, 0.4) is 0 Å². The molecule has 0 aliphatic heterocycles. The number of ether oxygens (including phenoxy) is 3. The second-order valence-corrected chi connectivity index (χ2v) is 36.4. The van der Waals surface area contributed by atoms with Crippen LogP contribution in [0.1, 0.15) is 161 Å². The van der Waals surface area contributed by atoms with Crippen LogP contribution in [-0.4, -0.2) is 0 Å². The SMILES string of the molecule is CCc1ccc(CC)cc1.CCc1cccc(CC)c1.Cc1cc(-c2ccccc2)c(C)cc1-c1ccccc1.Cc1ccc(-c2ccc(C)c(C(F)(F)F)c2)cc1C(F)(F)F.Cc1ccc(-c2ccc(C)cc2C(F)(F)F)c(C(F)(F)F)c1.Cc1ccc(-c2cccc(C)c2C)cc1C(F)(F)F.Cc1ccc(Oc2ccc(C)cc2)cc1.Cc1ccc(Oc2cccc(C)c2)cc1.Cc1cccc(Oc2cccc(C)c2)c1. The van der Waals surface area contributed by atoms with Gasteiger partial charge in [-0.25, -0.2) is 0 Å². The summed E-state index contributed by atoms with van der Waals surface area (Å²) in [5.74, 6) is 5.31. The minimum absolute atomic E-state index is 0.0272. The topological polar surface area (TPSA) is 27.7 Å². The summed E-state index contributed by atoms with van der Waals surface area (Å²) in [6.07, 6.45) is -18.3. The van der Waals surface area contributed by atoms with Crippen LogP contribution in [0.2, 0.25) is 0 Å². The molecule has 0 saturated heterocycles. The van der Waals surface area contributed by atoms with Crippen LogP contribution < -0.4 is 14.2 Å². The number of benzene rings is 17. The number of halogens is 15. The first-order valence-corrected chi connectivity index (χ1v) is 48.8. The molecule has 0 amide bonds. The molecule has 18 heteroatoms. The van der Waals surface area contributed by atoms with E-state index in [2.05, 4.69) is 223 Å². The zero-order valence-corrected chi connectivity index (χ0v) is 87.0. The van der Waals surface area contributed by atoms with Gasteiger partial charge in [-0.2, -0.15) is 65.9 Å². The van der Waals surface area contributed by atoms with Gasteiger partial charge in [0, 0.05) is 0 Å². The minimum atomic E-state index is -4.73. The van der Waals surface area contributed by atoms with Crippen LogP contribution >= 0.6 is 0 Å². The highest BCUT2D eigenvalue weighted by atomic mass is 19.4. The summed E-state index contributed by atoms with van der Waals surface area (Å²) in [7, 11) is 0. The Kier molecular flexibility index (Phi) is 43.0. The molecule has 0 fully saturated rings. The molecule has 17 rings (SSSR count). The van der Waals surface area contributed by atoms with Crippen molar-refractivity contribution in [3.05, 3.63) is 510 Å². The molecule has 0 atom stereocenters. The van der Waals surface area contributed by atoms with Gasteiger partial charge in [0.1, 0.15) is 34.5 Å². The second kappa shape index (κ2) is 54.5. The number of alkyl halides is 15. The quantitative estimate of drug-likeness (QED) is 0.0958. The molecule has 0 bridgehead atoms. The normalized spacial score (nSPS) is 11.0.